The molecule has 0 saturated carbocycles. The summed E-state index contributed by atoms with van der Waals surface area (Å²) in [5.41, 5.74) is 0.354. The zero-order valence-corrected chi connectivity index (χ0v) is 20.3. The number of hydrogen-bond donors (Lipinski definition) is 1. The Bertz CT molecular complexity index is 890. The van der Waals surface area contributed by atoms with E-state index in [1.165, 1.54) is 17.0 Å². The average Bonchev–Trinajstić information content (AvgIpc) is 3.14. The second-order valence-electron chi connectivity index (χ2n) is 9.04. The van der Waals surface area contributed by atoms with E-state index in [2.05, 4.69) is 5.32 Å². The maximum Gasteiger partial charge on any atom is 0.318 e. The Balaban J connectivity index is 2.17. The van der Waals surface area contributed by atoms with Crippen molar-refractivity contribution in [1.29, 1.82) is 0 Å². The number of aryl methyl sites for hydroxylation is 1. The van der Waals surface area contributed by atoms with E-state index < -0.39 is 5.54 Å². The molecule has 7 nitrogen and oxygen atoms in total. The van der Waals surface area contributed by atoms with Crippen LogP contribution in [0.2, 0.25) is 0 Å². The molecule has 182 valence electrons. The molecule has 3 amide bonds. The highest BCUT2D eigenvalue weighted by Gasteiger charge is 2.25. The Morgan fingerprint density at radius 2 is 1.76 bits per heavy atom. The molecular formula is C25H36FN3O4. The van der Waals surface area contributed by atoms with Gasteiger partial charge in [0.2, 0.25) is 5.91 Å². The Hall–Kier alpha value is -2.87. The number of halogens is 1. The van der Waals surface area contributed by atoms with Crippen LogP contribution in [-0.2, 0) is 22.6 Å². The van der Waals surface area contributed by atoms with Crippen molar-refractivity contribution in [3.05, 3.63) is 59.3 Å². The molecule has 0 aliphatic heterocycles. The molecular weight excluding hydrogens is 425 g/mol. The van der Waals surface area contributed by atoms with Crippen LogP contribution in [0.3, 0.4) is 0 Å². The molecule has 0 fully saturated rings. The Labute approximate surface area is 195 Å². The van der Waals surface area contributed by atoms with Crippen molar-refractivity contribution in [1.82, 2.24) is 15.1 Å². The first kappa shape index (κ1) is 26.4. The highest BCUT2D eigenvalue weighted by molar-refractivity contribution is 5.84. The fourth-order valence-corrected chi connectivity index (χ4v) is 3.22. The van der Waals surface area contributed by atoms with Gasteiger partial charge in [-0.3, -0.25) is 4.79 Å². The van der Waals surface area contributed by atoms with Crippen molar-refractivity contribution >= 4 is 11.9 Å². The van der Waals surface area contributed by atoms with E-state index in [1.807, 2.05) is 46.8 Å². The predicted octanol–water partition coefficient (Wildman–Crippen LogP) is 4.49. The quantitative estimate of drug-likeness (QED) is 0.500. The van der Waals surface area contributed by atoms with Gasteiger partial charge in [-0.25, -0.2) is 9.18 Å². The van der Waals surface area contributed by atoms with Gasteiger partial charge in [0.1, 0.15) is 23.9 Å². The van der Waals surface area contributed by atoms with Crippen LogP contribution in [0.4, 0.5) is 9.18 Å². The van der Waals surface area contributed by atoms with Gasteiger partial charge in [-0.2, -0.15) is 0 Å². The summed E-state index contributed by atoms with van der Waals surface area (Å²) in [7, 11) is 0. The van der Waals surface area contributed by atoms with Gasteiger partial charge >= 0.3 is 6.03 Å². The van der Waals surface area contributed by atoms with Gasteiger partial charge < -0.3 is 24.3 Å². The zero-order chi connectivity index (χ0) is 24.4. The predicted molar refractivity (Wildman–Crippen MR) is 125 cm³/mol. The molecule has 1 aromatic heterocycles. The summed E-state index contributed by atoms with van der Waals surface area (Å²) >= 11 is 0. The van der Waals surface area contributed by atoms with Crippen molar-refractivity contribution in [2.24, 2.45) is 0 Å². The summed E-state index contributed by atoms with van der Waals surface area (Å²) < 4.78 is 24.4. The van der Waals surface area contributed by atoms with Gasteiger partial charge in [0, 0.05) is 31.8 Å². The fraction of sp³-hybridized carbons (Fsp3) is 0.520. The maximum absolute atomic E-state index is 13.4. The third-order valence-electron chi connectivity index (χ3n) is 4.80. The molecule has 0 radical (unpaired) electrons. The largest absolute Gasteiger partial charge is 0.464 e. The smallest absolute Gasteiger partial charge is 0.318 e. The number of benzene rings is 1. The van der Waals surface area contributed by atoms with Crippen molar-refractivity contribution in [3.8, 4) is 0 Å². The number of amides is 3. The van der Waals surface area contributed by atoms with Gasteiger partial charge in [0.25, 0.3) is 0 Å². The molecule has 8 heteroatoms. The van der Waals surface area contributed by atoms with Crippen LogP contribution in [0.1, 0.15) is 51.2 Å². The van der Waals surface area contributed by atoms with Crippen molar-refractivity contribution in [2.75, 3.05) is 26.3 Å². The van der Waals surface area contributed by atoms with Crippen LogP contribution in [0.15, 0.2) is 40.8 Å². The molecule has 0 saturated heterocycles. The van der Waals surface area contributed by atoms with E-state index in [-0.39, 0.29) is 37.4 Å². The number of urea groups is 1. The molecule has 1 heterocycles. The highest BCUT2D eigenvalue weighted by Crippen LogP contribution is 2.15. The van der Waals surface area contributed by atoms with E-state index in [4.69, 9.17) is 9.15 Å². The second-order valence-corrected chi connectivity index (χ2v) is 9.04. The number of ether oxygens (including phenoxy) is 1. The number of nitrogens with one attached hydrogen (secondary N) is 1. The standard InChI is InChI=1S/C25H36FN3O4/c1-6-32-15-7-14-28(24(31)27-25(3,4)5)18-23(30)29(17-22-13-8-19(2)33-22)16-20-9-11-21(26)12-10-20/h8-13H,6-7,14-18H2,1-5H3,(H,27,31). The fourth-order valence-electron chi connectivity index (χ4n) is 3.22. The molecule has 2 aromatic rings. The molecule has 0 atom stereocenters. The van der Waals surface area contributed by atoms with E-state index in [0.29, 0.717) is 31.9 Å². The number of hydrogen-bond acceptors (Lipinski definition) is 4. The Morgan fingerprint density at radius 3 is 2.33 bits per heavy atom. The topological polar surface area (TPSA) is 75.0 Å². The van der Waals surface area contributed by atoms with Gasteiger partial charge in [-0.05, 0) is 70.9 Å². The number of carbonyl (C=O) groups excluding carboxylic acids is 2. The normalized spacial score (nSPS) is 11.3. The van der Waals surface area contributed by atoms with Gasteiger partial charge in [-0.15, -0.1) is 0 Å². The molecule has 0 aliphatic rings. The molecule has 0 aliphatic carbocycles. The first-order valence-corrected chi connectivity index (χ1v) is 11.3. The van der Waals surface area contributed by atoms with E-state index in [1.54, 1.807) is 17.0 Å². The summed E-state index contributed by atoms with van der Waals surface area (Å²) in [5.74, 6) is 0.831. The SMILES string of the molecule is CCOCCCN(CC(=O)N(Cc1ccc(F)cc1)Cc1ccc(C)o1)C(=O)NC(C)(C)C. The second kappa shape index (κ2) is 12.4. The number of carbonyl (C=O) groups is 2. The summed E-state index contributed by atoms with van der Waals surface area (Å²) in [5, 5.41) is 2.93. The minimum absolute atomic E-state index is 0.0884. The molecule has 0 bridgehead atoms. The molecule has 0 unspecified atom stereocenters. The molecule has 2 rings (SSSR count). The number of furan rings is 1. The maximum atomic E-state index is 13.4. The van der Waals surface area contributed by atoms with Crippen LogP contribution < -0.4 is 5.32 Å². The lowest BCUT2D eigenvalue weighted by molar-refractivity contribution is -0.133. The van der Waals surface area contributed by atoms with Crippen molar-refractivity contribution in [3.63, 3.8) is 0 Å². The minimum Gasteiger partial charge on any atom is -0.464 e. The summed E-state index contributed by atoms with van der Waals surface area (Å²) in [6, 6.07) is 9.39. The lowest BCUT2D eigenvalue weighted by Gasteiger charge is -2.30. The van der Waals surface area contributed by atoms with Crippen LogP contribution in [0.5, 0.6) is 0 Å². The Morgan fingerprint density at radius 1 is 1.06 bits per heavy atom. The first-order chi connectivity index (χ1) is 15.6. The third-order valence-corrected chi connectivity index (χ3v) is 4.80. The first-order valence-electron chi connectivity index (χ1n) is 11.3. The van der Waals surface area contributed by atoms with Gasteiger partial charge in [-0.1, -0.05) is 12.1 Å². The molecule has 1 N–H and O–H groups in total. The number of rotatable bonds is 11. The van der Waals surface area contributed by atoms with Gasteiger partial charge in [0.05, 0.1) is 6.54 Å². The van der Waals surface area contributed by atoms with E-state index in [9.17, 15) is 14.0 Å². The van der Waals surface area contributed by atoms with Crippen molar-refractivity contribution in [2.45, 2.75) is 59.7 Å². The van der Waals surface area contributed by atoms with E-state index >= 15 is 0 Å². The molecule has 1 aromatic carbocycles. The van der Waals surface area contributed by atoms with Crippen molar-refractivity contribution < 1.29 is 23.1 Å². The van der Waals surface area contributed by atoms with E-state index in [0.717, 1.165) is 11.3 Å². The van der Waals surface area contributed by atoms with Gasteiger partial charge in [0.15, 0.2) is 0 Å². The van der Waals surface area contributed by atoms with Crippen LogP contribution in [0, 0.1) is 12.7 Å². The summed E-state index contributed by atoms with van der Waals surface area (Å²) in [6.45, 7) is 11.4. The van der Waals surface area contributed by atoms with Crippen LogP contribution in [0.25, 0.3) is 0 Å². The lowest BCUT2D eigenvalue weighted by atomic mass is 10.1. The third kappa shape index (κ3) is 9.65. The molecule has 33 heavy (non-hydrogen) atoms. The lowest BCUT2D eigenvalue weighted by Crippen LogP contribution is -2.51. The summed E-state index contributed by atoms with van der Waals surface area (Å²) in [4.78, 5) is 29.4. The Kier molecular flexibility index (Phi) is 9.91. The van der Waals surface area contributed by atoms with Crippen LogP contribution >= 0.6 is 0 Å². The average molecular weight is 462 g/mol. The highest BCUT2D eigenvalue weighted by atomic mass is 19.1. The van der Waals surface area contributed by atoms with Crippen LogP contribution in [-0.4, -0.2) is 53.6 Å². The minimum atomic E-state index is -0.433. The zero-order valence-electron chi connectivity index (χ0n) is 20.3. The summed E-state index contributed by atoms with van der Waals surface area (Å²) in [6.07, 6.45) is 0.619. The molecule has 0 spiro atoms. The number of nitrogens with zero attached hydrogens (tertiary/aromatic N) is 2. The monoisotopic (exact) mass is 461 g/mol.